The predicted octanol–water partition coefficient (Wildman–Crippen LogP) is 0.916. The van der Waals surface area contributed by atoms with E-state index in [1.807, 2.05) is 0 Å². The van der Waals surface area contributed by atoms with Crippen molar-refractivity contribution in [3.8, 4) is 0 Å². The summed E-state index contributed by atoms with van der Waals surface area (Å²) in [5.41, 5.74) is 5.24. The Labute approximate surface area is 101 Å². The number of primary amides is 1. The van der Waals surface area contributed by atoms with Gasteiger partial charge in [-0.1, -0.05) is 19.3 Å². The molecule has 0 spiro atoms. The summed E-state index contributed by atoms with van der Waals surface area (Å²) in [5, 5.41) is 0. The van der Waals surface area contributed by atoms with Crippen LogP contribution in [0.1, 0.15) is 38.5 Å². The molecule has 1 saturated heterocycles. The number of esters is 1. The molecule has 1 radical (unpaired) electrons. The Morgan fingerprint density at radius 1 is 1.47 bits per heavy atom. The normalized spacial score (nSPS) is 30.2. The number of ether oxygens (including phenoxy) is 2. The Morgan fingerprint density at radius 2 is 2.18 bits per heavy atom. The SMILES string of the molecule is NC(=O)C1(OCC2CCCCC2)[CH]CC(=O)O1. The largest absolute Gasteiger partial charge is 0.423 e. The van der Waals surface area contributed by atoms with E-state index in [1.165, 1.54) is 25.7 Å². The average Bonchev–Trinajstić information content (AvgIpc) is 2.71. The smallest absolute Gasteiger partial charge is 0.309 e. The molecule has 1 heterocycles. The number of cyclic esters (lactones) is 1. The van der Waals surface area contributed by atoms with Gasteiger partial charge in [0.2, 0.25) is 0 Å². The molecule has 95 valence electrons. The standard InChI is InChI=1S/C12H18NO4/c13-11(15)12(7-6-10(14)17-12)16-8-9-4-2-1-3-5-9/h7,9H,1-6,8H2,(H2,13,15). The molecule has 1 aliphatic carbocycles. The van der Waals surface area contributed by atoms with Crippen LogP contribution in [-0.4, -0.2) is 24.3 Å². The van der Waals surface area contributed by atoms with Gasteiger partial charge in [0.05, 0.1) is 19.4 Å². The zero-order chi connectivity index (χ0) is 12.3. The molecule has 0 aromatic carbocycles. The zero-order valence-corrected chi connectivity index (χ0v) is 9.81. The molecule has 1 saturated carbocycles. The third kappa shape index (κ3) is 2.77. The maximum Gasteiger partial charge on any atom is 0.309 e. The summed E-state index contributed by atoms with van der Waals surface area (Å²) >= 11 is 0. The zero-order valence-electron chi connectivity index (χ0n) is 9.81. The van der Waals surface area contributed by atoms with Crippen LogP contribution in [0.3, 0.4) is 0 Å². The second kappa shape index (κ2) is 5.04. The van der Waals surface area contributed by atoms with E-state index >= 15 is 0 Å². The van der Waals surface area contributed by atoms with Crippen molar-refractivity contribution in [3.63, 3.8) is 0 Å². The molecule has 1 amide bonds. The molecule has 17 heavy (non-hydrogen) atoms. The van der Waals surface area contributed by atoms with Crippen LogP contribution in [-0.2, 0) is 19.1 Å². The van der Waals surface area contributed by atoms with Gasteiger partial charge in [-0.25, -0.2) is 0 Å². The van der Waals surface area contributed by atoms with E-state index < -0.39 is 17.7 Å². The van der Waals surface area contributed by atoms with Gasteiger partial charge in [0.15, 0.2) is 0 Å². The van der Waals surface area contributed by atoms with Gasteiger partial charge in [0, 0.05) is 0 Å². The summed E-state index contributed by atoms with van der Waals surface area (Å²) in [5.74, 6) is -2.39. The van der Waals surface area contributed by atoms with E-state index in [0.717, 1.165) is 12.8 Å². The molecule has 5 heteroatoms. The van der Waals surface area contributed by atoms with Crippen LogP contribution in [0.25, 0.3) is 0 Å². The first-order chi connectivity index (χ1) is 8.12. The van der Waals surface area contributed by atoms with Gasteiger partial charge < -0.3 is 15.2 Å². The van der Waals surface area contributed by atoms with Crippen LogP contribution in [0, 0.1) is 12.3 Å². The first-order valence-corrected chi connectivity index (χ1v) is 6.12. The van der Waals surface area contributed by atoms with Gasteiger partial charge >= 0.3 is 5.97 Å². The van der Waals surface area contributed by atoms with E-state index in [2.05, 4.69) is 0 Å². The fourth-order valence-corrected chi connectivity index (χ4v) is 2.38. The molecule has 2 aliphatic rings. The first kappa shape index (κ1) is 12.4. The van der Waals surface area contributed by atoms with Crippen LogP contribution >= 0.6 is 0 Å². The van der Waals surface area contributed by atoms with E-state index in [-0.39, 0.29) is 6.42 Å². The van der Waals surface area contributed by atoms with Gasteiger partial charge in [-0.15, -0.1) is 0 Å². The van der Waals surface area contributed by atoms with Crippen molar-refractivity contribution in [1.29, 1.82) is 0 Å². The lowest BCUT2D eigenvalue weighted by Crippen LogP contribution is -2.47. The minimum atomic E-state index is -1.62. The Morgan fingerprint density at radius 3 is 2.71 bits per heavy atom. The number of amides is 1. The summed E-state index contributed by atoms with van der Waals surface area (Å²) in [6, 6.07) is 0. The van der Waals surface area contributed by atoms with Gasteiger partial charge in [-0.2, -0.15) is 0 Å². The Hall–Kier alpha value is -1.10. The minimum Gasteiger partial charge on any atom is -0.423 e. The fourth-order valence-electron chi connectivity index (χ4n) is 2.38. The van der Waals surface area contributed by atoms with Crippen LogP contribution in [0.2, 0.25) is 0 Å². The highest BCUT2D eigenvalue weighted by Crippen LogP contribution is 2.30. The summed E-state index contributed by atoms with van der Waals surface area (Å²) in [7, 11) is 0. The van der Waals surface area contributed by atoms with Crippen molar-refractivity contribution in [3.05, 3.63) is 6.42 Å². The lowest BCUT2D eigenvalue weighted by Gasteiger charge is -2.28. The van der Waals surface area contributed by atoms with Gasteiger partial charge in [0.25, 0.3) is 11.7 Å². The van der Waals surface area contributed by atoms with Crippen molar-refractivity contribution in [2.75, 3.05) is 6.61 Å². The van der Waals surface area contributed by atoms with Crippen molar-refractivity contribution >= 4 is 11.9 Å². The highest BCUT2D eigenvalue weighted by molar-refractivity contribution is 5.90. The molecule has 0 aromatic rings. The second-order valence-electron chi connectivity index (χ2n) is 4.73. The van der Waals surface area contributed by atoms with Crippen molar-refractivity contribution in [1.82, 2.24) is 0 Å². The quantitative estimate of drug-likeness (QED) is 0.741. The molecular weight excluding hydrogens is 222 g/mol. The molecule has 2 fully saturated rings. The number of rotatable bonds is 4. The molecule has 1 atom stereocenters. The topological polar surface area (TPSA) is 78.6 Å². The molecule has 0 bridgehead atoms. The van der Waals surface area contributed by atoms with Gasteiger partial charge in [-0.3, -0.25) is 9.59 Å². The van der Waals surface area contributed by atoms with E-state index in [1.54, 1.807) is 0 Å². The molecule has 1 unspecified atom stereocenters. The van der Waals surface area contributed by atoms with Gasteiger partial charge in [0.1, 0.15) is 0 Å². The minimum absolute atomic E-state index is 0.0770. The van der Waals surface area contributed by atoms with E-state index in [9.17, 15) is 9.59 Å². The summed E-state index contributed by atoms with van der Waals surface area (Å²) in [4.78, 5) is 22.4. The lowest BCUT2D eigenvalue weighted by molar-refractivity contribution is -0.205. The third-order valence-electron chi connectivity index (χ3n) is 3.40. The number of hydrogen-bond donors (Lipinski definition) is 1. The van der Waals surface area contributed by atoms with Crippen molar-refractivity contribution < 1.29 is 19.1 Å². The fraction of sp³-hybridized carbons (Fsp3) is 0.750. The van der Waals surface area contributed by atoms with Crippen LogP contribution in [0.5, 0.6) is 0 Å². The second-order valence-corrected chi connectivity index (χ2v) is 4.73. The van der Waals surface area contributed by atoms with Gasteiger partial charge in [-0.05, 0) is 18.8 Å². The first-order valence-electron chi connectivity index (χ1n) is 6.12. The maximum absolute atomic E-state index is 11.3. The number of carbonyl (C=O) groups excluding carboxylic acids is 2. The number of carbonyl (C=O) groups is 2. The molecule has 2 rings (SSSR count). The van der Waals surface area contributed by atoms with Crippen LogP contribution in [0.15, 0.2) is 0 Å². The predicted molar refractivity (Wildman–Crippen MR) is 59.5 cm³/mol. The average molecular weight is 240 g/mol. The molecule has 2 N–H and O–H groups in total. The maximum atomic E-state index is 11.3. The molecular formula is C12H18NO4. The highest BCUT2D eigenvalue weighted by atomic mass is 16.7. The Balaban J connectivity index is 1.90. The number of nitrogens with two attached hydrogens (primary N) is 1. The third-order valence-corrected chi connectivity index (χ3v) is 3.40. The van der Waals surface area contributed by atoms with Crippen molar-refractivity contribution in [2.24, 2.45) is 11.7 Å². The molecule has 0 aromatic heterocycles. The lowest BCUT2D eigenvalue weighted by atomic mass is 9.90. The Bertz CT molecular complexity index is 312. The monoisotopic (exact) mass is 240 g/mol. The summed E-state index contributed by atoms with van der Waals surface area (Å²) in [6.45, 7) is 0.423. The van der Waals surface area contributed by atoms with Crippen LogP contribution in [0.4, 0.5) is 0 Å². The summed E-state index contributed by atoms with van der Waals surface area (Å²) < 4.78 is 10.4. The molecule has 1 aliphatic heterocycles. The Kier molecular flexibility index (Phi) is 3.66. The summed E-state index contributed by atoms with van der Waals surface area (Å²) in [6.07, 6.45) is 7.35. The van der Waals surface area contributed by atoms with E-state index in [0.29, 0.717) is 12.5 Å². The number of hydrogen-bond acceptors (Lipinski definition) is 4. The van der Waals surface area contributed by atoms with Crippen LogP contribution < -0.4 is 5.73 Å². The van der Waals surface area contributed by atoms with Crippen molar-refractivity contribution in [2.45, 2.75) is 44.3 Å². The van der Waals surface area contributed by atoms with E-state index in [4.69, 9.17) is 15.2 Å². The molecule has 5 nitrogen and oxygen atoms in total. The highest BCUT2D eigenvalue weighted by Gasteiger charge is 2.48.